The fourth-order valence-electron chi connectivity index (χ4n) is 1.82. The van der Waals surface area contributed by atoms with E-state index in [9.17, 15) is 4.79 Å². The van der Waals surface area contributed by atoms with Crippen LogP contribution in [0.1, 0.15) is 10.4 Å². The zero-order chi connectivity index (χ0) is 12.3. The first kappa shape index (κ1) is 11.7. The van der Waals surface area contributed by atoms with Gasteiger partial charge in [-0.15, -0.1) is 0 Å². The molecular weight excluding hydrogens is 220 g/mol. The van der Waals surface area contributed by atoms with Crippen molar-refractivity contribution in [1.29, 1.82) is 0 Å². The first-order chi connectivity index (χ1) is 8.22. The van der Waals surface area contributed by atoms with Gasteiger partial charge in [-0.2, -0.15) is 0 Å². The van der Waals surface area contributed by atoms with Crippen molar-refractivity contribution in [2.24, 2.45) is 0 Å². The molecule has 92 valence electrons. The third-order valence-electron chi connectivity index (χ3n) is 2.75. The average Bonchev–Trinajstić information content (AvgIpc) is 2.39. The van der Waals surface area contributed by atoms with Gasteiger partial charge in [0.05, 0.1) is 25.9 Å². The number of rotatable bonds is 2. The summed E-state index contributed by atoms with van der Waals surface area (Å²) in [7, 11) is 1.53. The SMILES string of the molecule is COc1cc(N)ccc1C(=O)N1CCOCC1. The van der Waals surface area contributed by atoms with Crippen molar-refractivity contribution in [3.8, 4) is 5.75 Å². The second-order valence-corrected chi connectivity index (χ2v) is 3.86. The van der Waals surface area contributed by atoms with Crippen molar-refractivity contribution in [3.05, 3.63) is 23.8 Å². The van der Waals surface area contributed by atoms with Gasteiger partial charge in [0.15, 0.2) is 0 Å². The van der Waals surface area contributed by atoms with Gasteiger partial charge in [-0.25, -0.2) is 0 Å². The normalized spacial score (nSPS) is 15.7. The van der Waals surface area contributed by atoms with E-state index >= 15 is 0 Å². The third kappa shape index (κ3) is 2.50. The van der Waals surface area contributed by atoms with E-state index in [4.69, 9.17) is 15.2 Å². The highest BCUT2D eigenvalue weighted by atomic mass is 16.5. The average molecular weight is 236 g/mol. The number of hydrogen-bond acceptors (Lipinski definition) is 4. The Morgan fingerprint density at radius 2 is 2.12 bits per heavy atom. The summed E-state index contributed by atoms with van der Waals surface area (Å²) < 4.78 is 10.4. The van der Waals surface area contributed by atoms with Gasteiger partial charge in [-0.05, 0) is 12.1 Å². The highest BCUT2D eigenvalue weighted by molar-refractivity contribution is 5.97. The number of methoxy groups -OCH3 is 1. The molecular formula is C12H16N2O3. The quantitative estimate of drug-likeness (QED) is 0.769. The molecule has 0 atom stereocenters. The highest BCUT2D eigenvalue weighted by Crippen LogP contribution is 2.23. The number of benzene rings is 1. The lowest BCUT2D eigenvalue weighted by Crippen LogP contribution is -2.40. The first-order valence-electron chi connectivity index (χ1n) is 5.53. The van der Waals surface area contributed by atoms with E-state index in [1.165, 1.54) is 7.11 Å². The lowest BCUT2D eigenvalue weighted by atomic mass is 10.1. The summed E-state index contributed by atoms with van der Waals surface area (Å²) in [5.74, 6) is 0.478. The second-order valence-electron chi connectivity index (χ2n) is 3.86. The van der Waals surface area contributed by atoms with E-state index in [2.05, 4.69) is 0 Å². The molecule has 1 fully saturated rings. The summed E-state index contributed by atoms with van der Waals surface area (Å²) in [5.41, 5.74) is 6.79. The Balaban J connectivity index is 2.23. The Bertz CT molecular complexity index is 414. The van der Waals surface area contributed by atoms with Crippen molar-refractivity contribution >= 4 is 11.6 Å². The zero-order valence-corrected chi connectivity index (χ0v) is 9.81. The van der Waals surface area contributed by atoms with Crippen molar-refractivity contribution in [2.75, 3.05) is 39.1 Å². The lowest BCUT2D eigenvalue weighted by molar-refractivity contribution is 0.0301. The van der Waals surface area contributed by atoms with Crippen LogP contribution in [0.4, 0.5) is 5.69 Å². The molecule has 0 spiro atoms. The fraction of sp³-hybridized carbons (Fsp3) is 0.417. The number of morpholine rings is 1. The van der Waals surface area contributed by atoms with Crippen LogP contribution in [-0.2, 0) is 4.74 Å². The van der Waals surface area contributed by atoms with Crippen LogP contribution < -0.4 is 10.5 Å². The predicted octanol–water partition coefficient (Wildman–Crippen LogP) is 0.750. The van der Waals surface area contributed by atoms with Crippen LogP contribution in [0.15, 0.2) is 18.2 Å². The maximum absolute atomic E-state index is 12.2. The van der Waals surface area contributed by atoms with E-state index in [0.717, 1.165) is 0 Å². The van der Waals surface area contributed by atoms with Gasteiger partial charge in [0, 0.05) is 24.8 Å². The minimum absolute atomic E-state index is 0.0369. The number of nitrogens with zero attached hydrogens (tertiary/aromatic N) is 1. The van der Waals surface area contributed by atoms with E-state index in [1.54, 1.807) is 23.1 Å². The van der Waals surface area contributed by atoms with Gasteiger partial charge >= 0.3 is 0 Å². The van der Waals surface area contributed by atoms with Crippen LogP contribution in [0.3, 0.4) is 0 Å². The zero-order valence-electron chi connectivity index (χ0n) is 9.81. The van der Waals surface area contributed by atoms with Crippen LogP contribution in [0, 0.1) is 0 Å². The summed E-state index contributed by atoms with van der Waals surface area (Å²) in [6, 6.07) is 5.07. The summed E-state index contributed by atoms with van der Waals surface area (Å²) in [5, 5.41) is 0. The molecule has 1 aliphatic heterocycles. The second kappa shape index (κ2) is 5.05. The fourth-order valence-corrected chi connectivity index (χ4v) is 1.82. The number of nitrogens with two attached hydrogens (primary N) is 1. The number of carbonyl (C=O) groups excluding carboxylic acids is 1. The van der Waals surface area contributed by atoms with Gasteiger partial charge in [-0.3, -0.25) is 4.79 Å². The van der Waals surface area contributed by atoms with Crippen LogP contribution >= 0.6 is 0 Å². The number of anilines is 1. The third-order valence-corrected chi connectivity index (χ3v) is 2.75. The number of nitrogen functional groups attached to an aromatic ring is 1. The molecule has 0 unspecified atom stereocenters. The maximum atomic E-state index is 12.2. The Hall–Kier alpha value is -1.75. The van der Waals surface area contributed by atoms with Crippen LogP contribution in [-0.4, -0.2) is 44.2 Å². The Morgan fingerprint density at radius 1 is 1.41 bits per heavy atom. The molecule has 5 heteroatoms. The maximum Gasteiger partial charge on any atom is 0.257 e. The van der Waals surface area contributed by atoms with E-state index in [0.29, 0.717) is 43.3 Å². The van der Waals surface area contributed by atoms with Gasteiger partial charge < -0.3 is 20.1 Å². The molecule has 1 aromatic carbocycles. The van der Waals surface area contributed by atoms with Crippen molar-refractivity contribution in [3.63, 3.8) is 0 Å². The Labute approximate surface area is 100 Å². The summed E-state index contributed by atoms with van der Waals surface area (Å²) in [4.78, 5) is 14.0. The van der Waals surface area contributed by atoms with Crippen molar-refractivity contribution in [1.82, 2.24) is 4.90 Å². The predicted molar refractivity (Wildman–Crippen MR) is 64.1 cm³/mol. The highest BCUT2D eigenvalue weighted by Gasteiger charge is 2.21. The van der Waals surface area contributed by atoms with Gasteiger partial charge in [0.25, 0.3) is 5.91 Å². The largest absolute Gasteiger partial charge is 0.496 e. The molecule has 0 saturated carbocycles. The van der Waals surface area contributed by atoms with Gasteiger partial charge in [0.2, 0.25) is 0 Å². The molecule has 1 aromatic rings. The lowest BCUT2D eigenvalue weighted by Gasteiger charge is -2.27. The molecule has 2 N–H and O–H groups in total. The molecule has 2 rings (SSSR count). The van der Waals surface area contributed by atoms with Gasteiger partial charge in [0.1, 0.15) is 5.75 Å². The van der Waals surface area contributed by atoms with Crippen LogP contribution in [0.5, 0.6) is 5.75 Å². The van der Waals surface area contributed by atoms with Crippen LogP contribution in [0.25, 0.3) is 0 Å². The minimum atomic E-state index is -0.0369. The summed E-state index contributed by atoms with van der Waals surface area (Å²) in [6.07, 6.45) is 0. The minimum Gasteiger partial charge on any atom is -0.496 e. The van der Waals surface area contributed by atoms with E-state index < -0.39 is 0 Å². The molecule has 0 radical (unpaired) electrons. The molecule has 5 nitrogen and oxygen atoms in total. The Kier molecular flexibility index (Phi) is 3.49. The molecule has 0 aliphatic carbocycles. The summed E-state index contributed by atoms with van der Waals surface area (Å²) in [6.45, 7) is 2.41. The molecule has 1 heterocycles. The molecule has 0 bridgehead atoms. The van der Waals surface area contributed by atoms with E-state index in [1.807, 2.05) is 0 Å². The molecule has 0 aromatic heterocycles. The summed E-state index contributed by atoms with van der Waals surface area (Å²) >= 11 is 0. The first-order valence-corrected chi connectivity index (χ1v) is 5.53. The number of carbonyl (C=O) groups is 1. The van der Waals surface area contributed by atoms with Crippen molar-refractivity contribution < 1.29 is 14.3 Å². The molecule has 1 aliphatic rings. The number of hydrogen-bond donors (Lipinski definition) is 1. The van der Waals surface area contributed by atoms with E-state index in [-0.39, 0.29) is 5.91 Å². The standard InChI is InChI=1S/C12H16N2O3/c1-16-11-8-9(13)2-3-10(11)12(15)14-4-6-17-7-5-14/h2-3,8H,4-7,13H2,1H3. The Morgan fingerprint density at radius 3 is 2.76 bits per heavy atom. The number of amides is 1. The molecule has 1 saturated heterocycles. The van der Waals surface area contributed by atoms with Crippen molar-refractivity contribution in [2.45, 2.75) is 0 Å². The van der Waals surface area contributed by atoms with Gasteiger partial charge in [-0.1, -0.05) is 0 Å². The number of ether oxygens (including phenoxy) is 2. The molecule has 1 amide bonds. The van der Waals surface area contributed by atoms with Crippen LogP contribution in [0.2, 0.25) is 0 Å². The smallest absolute Gasteiger partial charge is 0.257 e. The monoisotopic (exact) mass is 236 g/mol. The molecule has 17 heavy (non-hydrogen) atoms. The topological polar surface area (TPSA) is 64.8 Å².